The van der Waals surface area contributed by atoms with Gasteiger partial charge < -0.3 is 9.47 Å². The molecule has 0 spiro atoms. The number of rotatable bonds is 1. The summed E-state index contributed by atoms with van der Waals surface area (Å²) in [7, 11) is -4.62. The second-order valence-electron chi connectivity index (χ2n) is 2.60. The Morgan fingerprint density at radius 1 is 1.20 bits per heavy atom. The molecule has 0 aromatic heterocycles. The Bertz CT molecular complexity index is 348. The van der Waals surface area contributed by atoms with Gasteiger partial charge in [-0.1, -0.05) is 0 Å². The van der Waals surface area contributed by atoms with Gasteiger partial charge in [0.25, 0.3) is 10.1 Å². The van der Waals surface area contributed by atoms with Gasteiger partial charge in [-0.3, -0.25) is 14.1 Å². The molecule has 1 fully saturated rings. The van der Waals surface area contributed by atoms with E-state index in [1.54, 1.807) is 0 Å². The molecule has 1 radical (unpaired) electrons. The second kappa shape index (κ2) is 5.80. The summed E-state index contributed by atoms with van der Waals surface area (Å²) in [5.74, 6) is -1.99. The van der Waals surface area contributed by atoms with Gasteiger partial charge in [0.2, 0.25) is 0 Å². The van der Waals surface area contributed by atoms with E-state index in [-0.39, 0.29) is 42.8 Å². The third kappa shape index (κ3) is 4.47. The smallest absolute Gasteiger partial charge is 0.327 e. The molecule has 0 bridgehead atoms. The van der Waals surface area contributed by atoms with Crippen LogP contribution in [0.1, 0.15) is 6.42 Å². The van der Waals surface area contributed by atoms with Crippen molar-refractivity contribution >= 4 is 51.6 Å². The van der Waals surface area contributed by atoms with E-state index >= 15 is 0 Å². The van der Waals surface area contributed by atoms with Gasteiger partial charge in [-0.2, -0.15) is 8.42 Å². The van der Waals surface area contributed by atoms with E-state index in [1.165, 1.54) is 0 Å². The second-order valence-corrected chi connectivity index (χ2v) is 4.19. The van der Waals surface area contributed by atoms with Crippen LogP contribution in [-0.2, 0) is 29.2 Å². The van der Waals surface area contributed by atoms with E-state index < -0.39 is 33.7 Å². The zero-order valence-corrected chi connectivity index (χ0v) is 10.8. The van der Waals surface area contributed by atoms with E-state index in [2.05, 4.69) is 9.47 Å². The molecule has 0 amide bonds. The molecule has 1 aliphatic heterocycles. The number of hydrogen-bond acceptors (Lipinski definition) is 6. The summed E-state index contributed by atoms with van der Waals surface area (Å²) in [6.07, 6.45) is -0.725. The number of hydrogen-bond donors (Lipinski definition) is 1. The van der Waals surface area contributed by atoms with Crippen LogP contribution in [0.5, 0.6) is 0 Å². The normalized spacial score (nSPS) is 22.9. The van der Waals surface area contributed by atoms with Crippen LogP contribution in [0, 0.1) is 0 Å². The minimum absolute atomic E-state index is 0. The quantitative estimate of drug-likeness (QED) is 0.336. The number of esters is 2. The van der Waals surface area contributed by atoms with Crippen molar-refractivity contribution in [2.24, 2.45) is 0 Å². The number of carbonyl (C=O) groups excluding carboxylic acids is 2. The molecule has 1 rings (SSSR count). The first kappa shape index (κ1) is 14.8. The van der Waals surface area contributed by atoms with Gasteiger partial charge in [0.1, 0.15) is 13.2 Å². The summed E-state index contributed by atoms with van der Waals surface area (Å²) >= 11 is 0. The fraction of sp³-hybridized carbons (Fsp3) is 0.667. The van der Waals surface area contributed by atoms with Crippen LogP contribution in [0.15, 0.2) is 0 Å². The Labute approximate surface area is 108 Å². The molecule has 1 aliphatic rings. The van der Waals surface area contributed by atoms with Crippen LogP contribution in [-0.4, -0.2) is 72.9 Å². The van der Waals surface area contributed by atoms with Crippen molar-refractivity contribution in [2.45, 2.75) is 11.7 Å². The molecule has 9 heteroatoms. The van der Waals surface area contributed by atoms with Gasteiger partial charge >= 0.3 is 11.9 Å². The topological polar surface area (TPSA) is 107 Å². The van der Waals surface area contributed by atoms with E-state index in [1.807, 2.05) is 0 Å². The van der Waals surface area contributed by atoms with Crippen molar-refractivity contribution in [3.63, 3.8) is 0 Å². The van der Waals surface area contributed by atoms with Crippen molar-refractivity contribution in [2.75, 3.05) is 13.2 Å². The fourth-order valence-corrected chi connectivity index (χ4v) is 1.57. The summed E-state index contributed by atoms with van der Waals surface area (Å²) in [4.78, 5) is 21.8. The van der Waals surface area contributed by atoms with Gasteiger partial charge in [-0.25, -0.2) is 0 Å². The van der Waals surface area contributed by atoms with Gasteiger partial charge in [0.05, 0.1) is 6.42 Å². The summed E-state index contributed by atoms with van der Waals surface area (Å²) in [5.41, 5.74) is 0. The van der Waals surface area contributed by atoms with Gasteiger partial charge in [0, 0.05) is 29.6 Å². The van der Waals surface area contributed by atoms with Crippen molar-refractivity contribution < 1.29 is 32.0 Å². The molecule has 1 saturated heterocycles. The molecule has 81 valence electrons. The Balaban J connectivity index is 0.00000196. The van der Waals surface area contributed by atoms with Crippen LogP contribution < -0.4 is 0 Å². The minimum Gasteiger partial charge on any atom is -0.462 e. The van der Waals surface area contributed by atoms with Crippen molar-refractivity contribution in [1.29, 1.82) is 0 Å². The molecule has 0 aliphatic carbocycles. The first-order chi connectivity index (χ1) is 6.41. The molecule has 0 aromatic rings. The van der Waals surface area contributed by atoms with Crippen LogP contribution >= 0.6 is 0 Å². The zero-order valence-electron chi connectivity index (χ0n) is 8.00. The molecule has 1 heterocycles. The molecule has 15 heavy (non-hydrogen) atoms. The van der Waals surface area contributed by atoms with Crippen molar-refractivity contribution in [3.05, 3.63) is 0 Å². The van der Waals surface area contributed by atoms with Gasteiger partial charge in [-0.15, -0.1) is 0 Å². The Morgan fingerprint density at radius 3 is 2.27 bits per heavy atom. The van der Waals surface area contributed by atoms with Crippen molar-refractivity contribution in [1.82, 2.24) is 0 Å². The Hall–Kier alpha value is -0.150. The maximum Gasteiger partial charge on any atom is 0.327 e. The van der Waals surface area contributed by atoms with Gasteiger partial charge in [-0.05, 0) is 0 Å². The predicted molar refractivity (Wildman–Crippen MR) is 47.6 cm³/mol. The molecule has 0 saturated carbocycles. The van der Waals surface area contributed by atoms with E-state index in [0.29, 0.717) is 0 Å². The van der Waals surface area contributed by atoms with Crippen molar-refractivity contribution in [3.8, 4) is 0 Å². The van der Waals surface area contributed by atoms with Gasteiger partial charge in [0.15, 0.2) is 5.25 Å². The minimum atomic E-state index is -4.62. The molecule has 1 N–H and O–H groups in total. The third-order valence-corrected chi connectivity index (χ3v) is 2.64. The SMILES string of the molecule is O=C1CC(S(=O)(=O)O)C(=O)OCCO1.[Na]. The summed E-state index contributed by atoms with van der Waals surface area (Å²) in [6, 6.07) is 0. The first-order valence-corrected chi connectivity index (χ1v) is 5.20. The third-order valence-electron chi connectivity index (χ3n) is 1.57. The maximum absolute atomic E-state index is 11.0. The maximum atomic E-state index is 11.0. The predicted octanol–water partition coefficient (Wildman–Crippen LogP) is -1.65. The van der Waals surface area contributed by atoms with E-state index in [9.17, 15) is 18.0 Å². The van der Waals surface area contributed by atoms with Crippen LogP contribution in [0.3, 0.4) is 0 Å². The number of ether oxygens (including phenoxy) is 2. The molecule has 1 atom stereocenters. The fourth-order valence-electron chi connectivity index (χ4n) is 0.911. The largest absolute Gasteiger partial charge is 0.462 e. The molecule has 1 unspecified atom stereocenters. The average molecular weight is 247 g/mol. The first-order valence-electron chi connectivity index (χ1n) is 3.70. The molecular weight excluding hydrogens is 239 g/mol. The van der Waals surface area contributed by atoms with E-state index in [4.69, 9.17) is 4.55 Å². The van der Waals surface area contributed by atoms with Crippen LogP contribution in [0.2, 0.25) is 0 Å². The summed E-state index contributed by atoms with van der Waals surface area (Å²) < 4.78 is 38.8. The standard InChI is InChI=1S/C6H8O7S.Na/c7-5-3-4(14(9,10)11)6(8)13-2-1-12-5;/h4H,1-3H2,(H,9,10,11);. The Kier molecular flexibility index (Phi) is 5.75. The monoisotopic (exact) mass is 247 g/mol. The Morgan fingerprint density at radius 2 is 1.73 bits per heavy atom. The number of carbonyl (C=O) groups is 2. The molecular formula is C6H8NaO7S. The zero-order chi connectivity index (χ0) is 10.8. The van der Waals surface area contributed by atoms with E-state index in [0.717, 1.165) is 0 Å². The average Bonchev–Trinajstić information content (AvgIpc) is 2.03. The van der Waals surface area contributed by atoms with Crippen LogP contribution in [0.4, 0.5) is 0 Å². The summed E-state index contributed by atoms with van der Waals surface area (Å²) in [5, 5.41) is -1.88. The summed E-state index contributed by atoms with van der Waals surface area (Å²) in [6.45, 7) is -0.320. The van der Waals surface area contributed by atoms with Crippen LogP contribution in [0.25, 0.3) is 0 Å². The molecule has 7 nitrogen and oxygen atoms in total. The number of cyclic esters (lactones) is 2. The molecule has 0 aromatic carbocycles.